The van der Waals surface area contributed by atoms with Crippen LogP contribution in [0.1, 0.15) is 15.2 Å². The van der Waals surface area contributed by atoms with Gasteiger partial charge >= 0.3 is 5.97 Å². The molecule has 4 aromatic rings. The summed E-state index contributed by atoms with van der Waals surface area (Å²) in [6.07, 6.45) is 1.18. The molecule has 0 saturated carbocycles. The molecule has 1 N–H and O–H groups in total. The fourth-order valence-corrected chi connectivity index (χ4v) is 4.58. The smallest absolute Gasteiger partial charge is 0.376 e. The summed E-state index contributed by atoms with van der Waals surface area (Å²) >= 11 is 7.37. The molecule has 1 aromatic carbocycles. The van der Waals surface area contributed by atoms with Crippen molar-refractivity contribution in [3.05, 3.63) is 85.7 Å². The molecule has 0 radical (unpaired) electrons. The minimum absolute atomic E-state index is 0.0913. The Morgan fingerprint density at radius 1 is 1.13 bits per heavy atom. The number of ether oxygens (including phenoxy) is 2. The number of carbonyl (C=O) groups excluding carboxylic acids is 3. The second kappa shape index (κ2) is 11.4. The lowest BCUT2D eigenvalue weighted by molar-refractivity contribution is -0.151. The first kappa shape index (κ1) is 26.8. The molecule has 0 unspecified atom stereocenters. The molecular formula is C25H20ClFN4O6S. The molecule has 0 aliphatic heterocycles. The number of ketones is 1. The molecule has 0 bridgehead atoms. The van der Waals surface area contributed by atoms with E-state index in [9.17, 15) is 23.6 Å². The Bertz CT molecular complexity index is 1590. The van der Waals surface area contributed by atoms with Crippen LogP contribution in [0, 0.1) is 5.82 Å². The van der Waals surface area contributed by atoms with E-state index >= 15 is 0 Å². The van der Waals surface area contributed by atoms with Crippen molar-refractivity contribution >= 4 is 46.4 Å². The van der Waals surface area contributed by atoms with Crippen molar-refractivity contribution in [3.8, 4) is 17.0 Å². The highest BCUT2D eigenvalue weighted by Crippen LogP contribution is 2.27. The number of anilines is 1. The highest BCUT2D eigenvalue weighted by atomic mass is 35.5. The number of hydrogen-bond donors (Lipinski definition) is 1. The Balaban J connectivity index is 1.77. The van der Waals surface area contributed by atoms with E-state index in [1.807, 2.05) is 6.07 Å². The number of carbonyl (C=O) groups is 3. The van der Waals surface area contributed by atoms with Gasteiger partial charge in [0.2, 0.25) is 0 Å². The third kappa shape index (κ3) is 5.66. The van der Waals surface area contributed by atoms with Crippen molar-refractivity contribution < 1.29 is 28.2 Å². The topological polar surface area (TPSA) is 122 Å². The van der Waals surface area contributed by atoms with Crippen molar-refractivity contribution in [1.82, 2.24) is 14.3 Å². The van der Waals surface area contributed by atoms with Gasteiger partial charge in [0.1, 0.15) is 11.6 Å². The van der Waals surface area contributed by atoms with Gasteiger partial charge in [-0.15, -0.1) is 11.3 Å². The van der Waals surface area contributed by atoms with Crippen molar-refractivity contribution in [2.45, 2.75) is 13.1 Å². The first-order chi connectivity index (χ1) is 18.2. The number of pyridine rings is 1. The number of nitrogens with one attached hydrogen (secondary N) is 1. The summed E-state index contributed by atoms with van der Waals surface area (Å²) in [4.78, 5) is 50.1. The number of methoxy groups -OCH3 is 2. The fourth-order valence-electron chi connectivity index (χ4n) is 3.55. The number of hydrogen-bond acceptors (Lipinski definition) is 9. The minimum atomic E-state index is -1.17. The van der Waals surface area contributed by atoms with Gasteiger partial charge in [-0.1, -0.05) is 23.7 Å². The first-order valence-electron chi connectivity index (χ1n) is 11.0. The van der Waals surface area contributed by atoms with Gasteiger partial charge in [0, 0.05) is 22.7 Å². The van der Waals surface area contributed by atoms with Crippen LogP contribution in [-0.4, -0.2) is 46.2 Å². The van der Waals surface area contributed by atoms with Crippen LogP contribution < -0.4 is 15.6 Å². The molecular weight excluding hydrogens is 539 g/mol. The molecule has 0 aliphatic carbocycles. The fraction of sp³-hybridized carbons (Fsp3) is 0.160. The minimum Gasteiger partial charge on any atom is -0.496 e. The number of halogens is 2. The maximum atomic E-state index is 14.6. The number of para-hydroxylation sites is 1. The zero-order valence-electron chi connectivity index (χ0n) is 20.1. The lowest BCUT2D eigenvalue weighted by Gasteiger charge is -2.10. The highest BCUT2D eigenvalue weighted by molar-refractivity contribution is 7.16. The van der Waals surface area contributed by atoms with Crippen molar-refractivity contribution in [3.63, 3.8) is 0 Å². The normalized spacial score (nSPS) is 10.7. The number of rotatable bonds is 9. The number of nitrogens with zero attached hydrogens (tertiary/aromatic N) is 3. The molecule has 10 nitrogen and oxygen atoms in total. The van der Waals surface area contributed by atoms with Crippen LogP contribution in [0.5, 0.6) is 5.75 Å². The second-order valence-corrected chi connectivity index (χ2v) is 9.62. The largest absolute Gasteiger partial charge is 0.496 e. The third-order valence-electron chi connectivity index (χ3n) is 5.38. The van der Waals surface area contributed by atoms with E-state index in [1.54, 1.807) is 30.3 Å². The van der Waals surface area contributed by atoms with Crippen LogP contribution in [0.25, 0.3) is 11.3 Å². The predicted molar refractivity (Wildman–Crippen MR) is 138 cm³/mol. The summed E-state index contributed by atoms with van der Waals surface area (Å²) in [7, 11) is 2.45. The second-order valence-electron chi connectivity index (χ2n) is 7.82. The molecule has 0 amide bonds. The van der Waals surface area contributed by atoms with E-state index in [4.69, 9.17) is 16.3 Å². The molecule has 38 heavy (non-hydrogen) atoms. The quantitative estimate of drug-likeness (QED) is 0.244. The molecule has 0 fully saturated rings. The number of Topliss-reactive ketones (excluding diaryl/α,β-unsaturated/α-hetero) is 1. The van der Waals surface area contributed by atoms with E-state index in [0.717, 1.165) is 27.3 Å². The van der Waals surface area contributed by atoms with E-state index in [-0.39, 0.29) is 22.6 Å². The molecule has 0 atom stereocenters. The summed E-state index contributed by atoms with van der Waals surface area (Å²) in [5.74, 6) is -3.33. The van der Waals surface area contributed by atoms with E-state index in [2.05, 4.69) is 15.2 Å². The van der Waals surface area contributed by atoms with Crippen molar-refractivity contribution in [2.75, 3.05) is 19.5 Å². The SMILES string of the molecule is COC(=O)C(=O)Cn1cc(-c2cc(NCc3ccc(Cl)s3)n(C(=O)c3ccccc3OC)n2)cc(F)c1=O. The van der Waals surface area contributed by atoms with Crippen LogP contribution >= 0.6 is 22.9 Å². The van der Waals surface area contributed by atoms with Crippen LogP contribution in [0.15, 0.2) is 59.5 Å². The zero-order valence-corrected chi connectivity index (χ0v) is 21.6. The van der Waals surface area contributed by atoms with Gasteiger partial charge < -0.3 is 19.4 Å². The highest BCUT2D eigenvalue weighted by Gasteiger charge is 2.22. The predicted octanol–water partition coefficient (Wildman–Crippen LogP) is 3.62. The molecule has 13 heteroatoms. The Morgan fingerprint density at radius 2 is 1.89 bits per heavy atom. The van der Waals surface area contributed by atoms with Gasteiger partial charge in [-0.05, 0) is 30.3 Å². The Kier molecular flexibility index (Phi) is 8.03. The average Bonchev–Trinajstić information content (AvgIpc) is 3.54. The molecule has 3 aromatic heterocycles. The lowest BCUT2D eigenvalue weighted by atomic mass is 10.2. The number of benzene rings is 1. The van der Waals surface area contributed by atoms with E-state index < -0.39 is 35.6 Å². The average molecular weight is 559 g/mol. The third-order valence-corrected chi connectivity index (χ3v) is 6.61. The molecule has 0 saturated heterocycles. The van der Waals surface area contributed by atoms with Gasteiger partial charge in [-0.2, -0.15) is 9.78 Å². The Morgan fingerprint density at radius 3 is 2.58 bits per heavy atom. The van der Waals surface area contributed by atoms with Gasteiger partial charge in [-0.25, -0.2) is 9.18 Å². The van der Waals surface area contributed by atoms with E-state index in [1.165, 1.54) is 30.7 Å². The Labute approximate surface area is 224 Å². The number of esters is 1. The first-order valence-corrected chi connectivity index (χ1v) is 12.2. The van der Waals surface area contributed by atoms with Crippen LogP contribution in [0.4, 0.5) is 10.2 Å². The summed E-state index contributed by atoms with van der Waals surface area (Å²) in [5.41, 5.74) is -0.665. The zero-order chi connectivity index (χ0) is 27.4. The number of aromatic nitrogens is 3. The van der Waals surface area contributed by atoms with E-state index in [0.29, 0.717) is 16.6 Å². The Hall–Kier alpha value is -4.29. The summed E-state index contributed by atoms with van der Waals surface area (Å²) < 4.78 is 26.7. The lowest BCUT2D eigenvalue weighted by Crippen LogP contribution is -2.30. The van der Waals surface area contributed by atoms with Crippen LogP contribution in [0.3, 0.4) is 0 Å². The summed E-state index contributed by atoms with van der Waals surface area (Å²) in [5, 5.41) is 7.49. The summed E-state index contributed by atoms with van der Waals surface area (Å²) in [6, 6.07) is 12.6. The molecule has 196 valence electrons. The molecule has 0 spiro atoms. The monoisotopic (exact) mass is 558 g/mol. The van der Waals surface area contributed by atoms with Gasteiger partial charge in [0.15, 0.2) is 5.82 Å². The molecule has 4 rings (SSSR count). The van der Waals surface area contributed by atoms with Gasteiger partial charge in [0.25, 0.3) is 17.2 Å². The van der Waals surface area contributed by atoms with Crippen molar-refractivity contribution in [2.24, 2.45) is 0 Å². The van der Waals surface area contributed by atoms with Crippen LogP contribution in [-0.2, 0) is 27.4 Å². The number of thiophene rings is 1. The molecule has 3 heterocycles. The summed E-state index contributed by atoms with van der Waals surface area (Å²) in [6.45, 7) is -0.426. The standard InChI is InChI=1S/C25H20ClFN4O6S/c1-36-20-6-4-3-5-16(20)23(33)31-22(28-11-15-7-8-21(26)38-15)10-18(29-31)14-9-17(27)24(34)30(12-14)13-19(32)25(35)37-2/h3-10,12,28H,11,13H2,1-2H3. The van der Waals surface area contributed by atoms with Gasteiger partial charge in [-0.3, -0.25) is 14.4 Å². The van der Waals surface area contributed by atoms with Crippen molar-refractivity contribution in [1.29, 1.82) is 0 Å². The van der Waals surface area contributed by atoms with Crippen LogP contribution in [0.2, 0.25) is 4.34 Å². The van der Waals surface area contributed by atoms with Gasteiger partial charge in [0.05, 0.1) is 42.9 Å². The maximum absolute atomic E-state index is 14.6. The maximum Gasteiger partial charge on any atom is 0.376 e. The molecule has 0 aliphatic rings.